The zero-order valence-corrected chi connectivity index (χ0v) is 18.5. The standard InChI is InChI=1S/C20H23BrFN3O3S/c1-23(14-16-2-4-17(21)5-3-16)15-20(26)24-10-12-25(13-11-24)29(27,28)19-8-6-18(22)7-9-19/h2-9H,10-15H2,1H3. The monoisotopic (exact) mass is 483 g/mol. The molecule has 3 rings (SSSR count). The number of sulfonamides is 1. The Kier molecular flexibility index (Phi) is 7.05. The molecule has 29 heavy (non-hydrogen) atoms. The van der Waals surface area contributed by atoms with Crippen LogP contribution in [0.4, 0.5) is 4.39 Å². The molecule has 1 aliphatic heterocycles. The predicted octanol–water partition coefficient (Wildman–Crippen LogP) is 2.55. The zero-order valence-electron chi connectivity index (χ0n) is 16.1. The minimum atomic E-state index is -3.68. The molecule has 0 unspecified atom stereocenters. The summed E-state index contributed by atoms with van der Waals surface area (Å²) in [6.45, 7) is 2.04. The molecule has 1 saturated heterocycles. The first-order valence-electron chi connectivity index (χ1n) is 9.22. The molecule has 1 amide bonds. The van der Waals surface area contributed by atoms with E-state index in [9.17, 15) is 17.6 Å². The molecule has 9 heteroatoms. The van der Waals surface area contributed by atoms with Crippen LogP contribution in [0.1, 0.15) is 5.56 Å². The first-order chi connectivity index (χ1) is 13.8. The third kappa shape index (κ3) is 5.63. The molecule has 2 aromatic carbocycles. The Morgan fingerprint density at radius 2 is 1.62 bits per heavy atom. The summed E-state index contributed by atoms with van der Waals surface area (Å²) in [6, 6.07) is 12.7. The molecular formula is C20H23BrFN3O3S. The van der Waals surface area contributed by atoms with Gasteiger partial charge in [0.05, 0.1) is 11.4 Å². The summed E-state index contributed by atoms with van der Waals surface area (Å²) in [7, 11) is -1.80. The first-order valence-corrected chi connectivity index (χ1v) is 11.5. The lowest BCUT2D eigenvalue weighted by Crippen LogP contribution is -2.52. The fraction of sp³-hybridized carbons (Fsp3) is 0.350. The fourth-order valence-corrected chi connectivity index (χ4v) is 4.91. The number of benzene rings is 2. The summed E-state index contributed by atoms with van der Waals surface area (Å²) >= 11 is 3.40. The number of likely N-dealkylation sites (N-methyl/N-ethyl adjacent to an activating group) is 1. The summed E-state index contributed by atoms with van der Waals surface area (Å²) in [5.74, 6) is -0.505. The maximum Gasteiger partial charge on any atom is 0.243 e. The molecule has 6 nitrogen and oxygen atoms in total. The number of rotatable bonds is 6. The van der Waals surface area contributed by atoms with Crippen molar-refractivity contribution < 1.29 is 17.6 Å². The van der Waals surface area contributed by atoms with E-state index in [1.165, 1.54) is 16.4 Å². The smallest absolute Gasteiger partial charge is 0.243 e. The van der Waals surface area contributed by atoms with Gasteiger partial charge in [0.1, 0.15) is 5.82 Å². The number of amides is 1. The van der Waals surface area contributed by atoms with Crippen LogP contribution in [-0.4, -0.2) is 68.2 Å². The van der Waals surface area contributed by atoms with Gasteiger partial charge in [0.2, 0.25) is 15.9 Å². The van der Waals surface area contributed by atoms with Gasteiger partial charge in [0.25, 0.3) is 0 Å². The van der Waals surface area contributed by atoms with E-state index >= 15 is 0 Å². The van der Waals surface area contributed by atoms with E-state index in [0.717, 1.165) is 22.2 Å². The van der Waals surface area contributed by atoms with E-state index in [4.69, 9.17) is 0 Å². The molecule has 0 aliphatic carbocycles. The topological polar surface area (TPSA) is 60.9 Å². The summed E-state index contributed by atoms with van der Waals surface area (Å²) in [6.07, 6.45) is 0. The highest BCUT2D eigenvalue weighted by Crippen LogP contribution is 2.18. The van der Waals surface area contributed by atoms with Gasteiger partial charge < -0.3 is 4.90 Å². The molecule has 0 spiro atoms. The Morgan fingerprint density at radius 1 is 1.03 bits per heavy atom. The van der Waals surface area contributed by atoms with Gasteiger partial charge in [-0.25, -0.2) is 12.8 Å². The normalized spacial score (nSPS) is 15.7. The number of piperazine rings is 1. The zero-order chi connectivity index (χ0) is 21.0. The highest BCUT2D eigenvalue weighted by molar-refractivity contribution is 9.10. The highest BCUT2D eigenvalue weighted by Gasteiger charge is 2.30. The van der Waals surface area contributed by atoms with Crippen molar-refractivity contribution in [3.05, 3.63) is 64.4 Å². The predicted molar refractivity (Wildman–Crippen MR) is 112 cm³/mol. The molecule has 0 N–H and O–H groups in total. The minimum absolute atomic E-state index is 0.0246. The van der Waals surface area contributed by atoms with Crippen molar-refractivity contribution in [2.75, 3.05) is 39.8 Å². The van der Waals surface area contributed by atoms with Gasteiger partial charge in [-0.3, -0.25) is 9.69 Å². The molecule has 156 valence electrons. The van der Waals surface area contributed by atoms with Crippen LogP contribution in [-0.2, 0) is 21.4 Å². The Labute approximate surface area is 179 Å². The molecule has 0 bridgehead atoms. The largest absolute Gasteiger partial charge is 0.339 e. The summed E-state index contributed by atoms with van der Waals surface area (Å²) in [5.41, 5.74) is 1.11. The number of nitrogens with zero attached hydrogens (tertiary/aromatic N) is 3. The van der Waals surface area contributed by atoms with Crippen LogP contribution in [0.5, 0.6) is 0 Å². The maximum atomic E-state index is 13.1. The van der Waals surface area contributed by atoms with Gasteiger partial charge in [-0.05, 0) is 49.0 Å². The van der Waals surface area contributed by atoms with Crippen LogP contribution >= 0.6 is 15.9 Å². The number of halogens is 2. The number of hydrogen-bond donors (Lipinski definition) is 0. The second kappa shape index (κ2) is 9.34. The maximum absolute atomic E-state index is 13.1. The quantitative estimate of drug-likeness (QED) is 0.633. The molecule has 0 saturated carbocycles. The van der Waals surface area contributed by atoms with Crippen LogP contribution in [0, 0.1) is 5.82 Å². The summed E-state index contributed by atoms with van der Waals surface area (Å²) < 4.78 is 40.7. The number of hydrogen-bond acceptors (Lipinski definition) is 4. The van der Waals surface area contributed by atoms with Crippen LogP contribution in [0.25, 0.3) is 0 Å². The van der Waals surface area contributed by atoms with E-state index in [1.807, 2.05) is 36.2 Å². The Hall–Kier alpha value is -1.81. The molecule has 2 aromatic rings. The Bertz CT molecular complexity index is 944. The molecule has 1 aliphatic rings. The van der Waals surface area contributed by atoms with E-state index < -0.39 is 15.8 Å². The van der Waals surface area contributed by atoms with Gasteiger partial charge in [0, 0.05) is 37.2 Å². The van der Waals surface area contributed by atoms with Crippen molar-refractivity contribution in [2.45, 2.75) is 11.4 Å². The lowest BCUT2D eigenvalue weighted by atomic mass is 10.2. The second-order valence-electron chi connectivity index (χ2n) is 7.04. The average Bonchev–Trinajstić information content (AvgIpc) is 2.70. The number of carbonyl (C=O) groups excluding carboxylic acids is 1. The molecule has 0 atom stereocenters. The first kappa shape index (κ1) is 21.9. The third-order valence-corrected chi connectivity index (χ3v) is 7.26. The third-order valence-electron chi connectivity index (χ3n) is 4.81. The van der Waals surface area contributed by atoms with Crippen LogP contribution in [0.2, 0.25) is 0 Å². The van der Waals surface area contributed by atoms with Gasteiger partial charge in [-0.1, -0.05) is 28.1 Å². The lowest BCUT2D eigenvalue weighted by molar-refractivity contribution is -0.133. The fourth-order valence-electron chi connectivity index (χ4n) is 3.22. The second-order valence-corrected chi connectivity index (χ2v) is 9.89. The minimum Gasteiger partial charge on any atom is -0.339 e. The SMILES string of the molecule is CN(CC(=O)N1CCN(S(=O)(=O)c2ccc(F)cc2)CC1)Cc1ccc(Br)cc1. The molecule has 1 heterocycles. The summed E-state index contributed by atoms with van der Waals surface area (Å²) in [4.78, 5) is 16.3. The Morgan fingerprint density at radius 3 is 2.21 bits per heavy atom. The van der Waals surface area contributed by atoms with E-state index in [2.05, 4.69) is 15.9 Å². The summed E-state index contributed by atoms with van der Waals surface area (Å²) in [5, 5.41) is 0. The van der Waals surface area contributed by atoms with E-state index in [1.54, 1.807) is 4.90 Å². The van der Waals surface area contributed by atoms with E-state index in [0.29, 0.717) is 19.6 Å². The van der Waals surface area contributed by atoms with Gasteiger partial charge in [-0.2, -0.15) is 4.31 Å². The van der Waals surface area contributed by atoms with Crippen molar-refractivity contribution in [1.29, 1.82) is 0 Å². The number of carbonyl (C=O) groups is 1. The lowest BCUT2D eigenvalue weighted by Gasteiger charge is -2.34. The van der Waals surface area contributed by atoms with Crippen LogP contribution < -0.4 is 0 Å². The van der Waals surface area contributed by atoms with Crippen molar-refractivity contribution in [2.24, 2.45) is 0 Å². The van der Waals surface area contributed by atoms with Crippen molar-refractivity contribution in [1.82, 2.24) is 14.1 Å². The van der Waals surface area contributed by atoms with Gasteiger partial charge >= 0.3 is 0 Å². The van der Waals surface area contributed by atoms with Crippen molar-refractivity contribution in [3.63, 3.8) is 0 Å². The van der Waals surface area contributed by atoms with Crippen LogP contribution in [0.3, 0.4) is 0 Å². The van der Waals surface area contributed by atoms with Crippen molar-refractivity contribution >= 4 is 31.9 Å². The van der Waals surface area contributed by atoms with Gasteiger partial charge in [0.15, 0.2) is 0 Å². The molecule has 0 aromatic heterocycles. The Balaban J connectivity index is 1.52. The average molecular weight is 484 g/mol. The molecular weight excluding hydrogens is 461 g/mol. The van der Waals surface area contributed by atoms with Crippen molar-refractivity contribution in [3.8, 4) is 0 Å². The molecule has 0 radical (unpaired) electrons. The highest BCUT2D eigenvalue weighted by atomic mass is 79.9. The van der Waals surface area contributed by atoms with Crippen LogP contribution in [0.15, 0.2) is 57.9 Å². The molecule has 1 fully saturated rings. The van der Waals surface area contributed by atoms with E-state index in [-0.39, 0.29) is 30.4 Å². The van der Waals surface area contributed by atoms with Gasteiger partial charge in [-0.15, -0.1) is 0 Å².